The van der Waals surface area contributed by atoms with Gasteiger partial charge in [-0.2, -0.15) is 0 Å². The number of halogens is 1. The molecule has 0 aliphatic heterocycles. The number of phenols is 1. The van der Waals surface area contributed by atoms with Gasteiger partial charge in [-0.25, -0.2) is 0 Å². The summed E-state index contributed by atoms with van der Waals surface area (Å²) in [6.07, 6.45) is 0.335. The fourth-order valence-corrected chi connectivity index (χ4v) is 2.02. The molecule has 0 aliphatic rings. The highest BCUT2D eigenvalue weighted by Gasteiger charge is 2.14. The molecule has 0 bridgehead atoms. The first-order valence-corrected chi connectivity index (χ1v) is 6.12. The quantitative estimate of drug-likeness (QED) is 0.835. The van der Waals surface area contributed by atoms with Gasteiger partial charge >= 0.3 is 0 Å². The van der Waals surface area contributed by atoms with E-state index in [0.29, 0.717) is 6.42 Å². The molecule has 0 spiro atoms. The van der Waals surface area contributed by atoms with Crippen molar-refractivity contribution in [1.82, 2.24) is 0 Å². The number of Topliss-reactive ketones (excluding diaryl/α,β-unsaturated/α-hetero) is 1. The molecule has 0 unspecified atom stereocenters. The average Bonchev–Trinajstić information content (AvgIpc) is 2.41. The van der Waals surface area contributed by atoms with Crippen LogP contribution in [0.1, 0.15) is 23.7 Å². The first kappa shape index (κ1) is 12.7. The Labute approximate surface area is 111 Å². The van der Waals surface area contributed by atoms with Gasteiger partial charge in [0.1, 0.15) is 5.75 Å². The molecule has 0 radical (unpaired) electrons. The normalized spacial score (nSPS) is 10.3. The molecule has 1 N–H and O–H groups in total. The summed E-state index contributed by atoms with van der Waals surface area (Å²) < 4.78 is 0. The van der Waals surface area contributed by atoms with E-state index in [1.807, 2.05) is 30.3 Å². The molecule has 0 saturated carbocycles. The van der Waals surface area contributed by atoms with E-state index in [4.69, 9.17) is 11.6 Å². The lowest BCUT2D eigenvalue weighted by Crippen LogP contribution is -1.98. The summed E-state index contributed by atoms with van der Waals surface area (Å²) in [5.41, 5.74) is 2.07. The highest BCUT2D eigenvalue weighted by molar-refractivity contribution is 6.33. The largest absolute Gasteiger partial charge is 0.506 e. The second kappa shape index (κ2) is 5.23. The molecular weight excluding hydrogens is 248 g/mol. The lowest BCUT2D eigenvalue weighted by atomic mass is 9.99. The minimum Gasteiger partial charge on any atom is -0.506 e. The Balaban J connectivity index is 2.58. The van der Waals surface area contributed by atoms with Crippen LogP contribution in [0.25, 0.3) is 11.1 Å². The predicted molar refractivity (Wildman–Crippen MR) is 73.2 cm³/mol. The number of phenolic OH excluding ortho intramolecular Hbond substituents is 1. The maximum Gasteiger partial charge on any atom is 0.166 e. The lowest BCUT2D eigenvalue weighted by molar-refractivity contribution is 0.0985. The van der Waals surface area contributed by atoms with Crippen LogP contribution in [-0.4, -0.2) is 10.9 Å². The molecular formula is C15H13ClO2. The van der Waals surface area contributed by atoms with E-state index in [0.717, 1.165) is 11.1 Å². The number of carbonyl (C=O) groups is 1. The Morgan fingerprint density at radius 1 is 1.17 bits per heavy atom. The van der Waals surface area contributed by atoms with Crippen LogP contribution in [0.15, 0.2) is 42.5 Å². The van der Waals surface area contributed by atoms with E-state index in [1.165, 1.54) is 0 Å². The van der Waals surface area contributed by atoms with Gasteiger partial charge in [0.25, 0.3) is 0 Å². The molecule has 2 rings (SSSR count). The van der Waals surface area contributed by atoms with Gasteiger partial charge < -0.3 is 5.11 Å². The Kier molecular flexibility index (Phi) is 3.68. The van der Waals surface area contributed by atoms with Crippen molar-refractivity contribution in [3.8, 4) is 16.9 Å². The molecule has 0 amide bonds. The summed E-state index contributed by atoms with van der Waals surface area (Å²) in [6, 6.07) is 13.0. The lowest BCUT2D eigenvalue weighted by Gasteiger charge is -2.08. The first-order chi connectivity index (χ1) is 8.63. The molecule has 92 valence electrons. The zero-order valence-corrected chi connectivity index (χ0v) is 10.7. The van der Waals surface area contributed by atoms with Crippen molar-refractivity contribution >= 4 is 17.4 Å². The second-order valence-corrected chi connectivity index (χ2v) is 4.40. The van der Waals surface area contributed by atoms with Crippen molar-refractivity contribution in [2.24, 2.45) is 0 Å². The number of benzene rings is 2. The maximum atomic E-state index is 11.8. The molecule has 2 aromatic rings. The van der Waals surface area contributed by atoms with Crippen molar-refractivity contribution in [2.45, 2.75) is 13.3 Å². The van der Waals surface area contributed by atoms with Gasteiger partial charge in [-0.15, -0.1) is 0 Å². The fourth-order valence-electron chi connectivity index (χ4n) is 1.80. The molecule has 3 heteroatoms. The summed E-state index contributed by atoms with van der Waals surface area (Å²) in [7, 11) is 0. The van der Waals surface area contributed by atoms with E-state index in [1.54, 1.807) is 19.1 Å². The molecule has 2 aromatic carbocycles. The van der Waals surface area contributed by atoms with Crippen LogP contribution in [0.2, 0.25) is 5.02 Å². The monoisotopic (exact) mass is 260 g/mol. The third-order valence-corrected chi connectivity index (χ3v) is 3.08. The van der Waals surface area contributed by atoms with E-state index in [-0.39, 0.29) is 22.1 Å². The van der Waals surface area contributed by atoms with Gasteiger partial charge in [0, 0.05) is 6.42 Å². The second-order valence-electron chi connectivity index (χ2n) is 4.00. The summed E-state index contributed by atoms with van der Waals surface area (Å²) in [5.74, 6) is -0.254. The third-order valence-electron chi connectivity index (χ3n) is 2.79. The van der Waals surface area contributed by atoms with Crippen molar-refractivity contribution in [3.63, 3.8) is 0 Å². The Morgan fingerprint density at radius 2 is 1.83 bits per heavy atom. The average molecular weight is 261 g/mol. The fraction of sp³-hybridized carbons (Fsp3) is 0.133. The number of ketones is 1. The Hall–Kier alpha value is -1.80. The van der Waals surface area contributed by atoms with E-state index in [2.05, 4.69) is 0 Å². The summed E-state index contributed by atoms with van der Waals surface area (Å²) >= 11 is 5.97. The van der Waals surface area contributed by atoms with Gasteiger partial charge in [-0.05, 0) is 23.3 Å². The Morgan fingerprint density at radius 3 is 2.44 bits per heavy atom. The molecule has 0 heterocycles. The summed E-state index contributed by atoms with van der Waals surface area (Å²) in [5, 5.41) is 10.0. The van der Waals surface area contributed by atoms with E-state index in [9.17, 15) is 9.90 Å². The van der Waals surface area contributed by atoms with Crippen LogP contribution in [0.5, 0.6) is 5.75 Å². The molecule has 2 nitrogen and oxygen atoms in total. The SMILES string of the molecule is CCC(=O)c1cc(-c2ccccc2)cc(Cl)c1O. The van der Waals surface area contributed by atoms with Gasteiger partial charge in [0.15, 0.2) is 5.78 Å². The van der Waals surface area contributed by atoms with Crippen LogP contribution in [-0.2, 0) is 0 Å². The summed E-state index contributed by atoms with van der Waals surface area (Å²) in [6.45, 7) is 1.75. The zero-order valence-electron chi connectivity index (χ0n) is 9.98. The van der Waals surface area contributed by atoms with E-state index < -0.39 is 0 Å². The van der Waals surface area contributed by atoms with E-state index >= 15 is 0 Å². The molecule has 18 heavy (non-hydrogen) atoms. The van der Waals surface area contributed by atoms with Gasteiger partial charge in [0.05, 0.1) is 10.6 Å². The van der Waals surface area contributed by atoms with Crippen molar-refractivity contribution in [3.05, 3.63) is 53.1 Å². The van der Waals surface area contributed by atoms with Crippen LogP contribution in [0.3, 0.4) is 0 Å². The van der Waals surface area contributed by atoms with Crippen LogP contribution < -0.4 is 0 Å². The first-order valence-electron chi connectivity index (χ1n) is 5.74. The predicted octanol–water partition coefficient (Wildman–Crippen LogP) is 4.31. The smallest absolute Gasteiger partial charge is 0.166 e. The minimum atomic E-state index is -0.136. The number of aromatic hydroxyl groups is 1. The highest BCUT2D eigenvalue weighted by atomic mass is 35.5. The van der Waals surface area contributed by atoms with Gasteiger partial charge in [-0.1, -0.05) is 48.9 Å². The number of carbonyl (C=O) groups excluding carboxylic acids is 1. The maximum absolute atomic E-state index is 11.8. The Bertz CT molecular complexity index is 577. The van der Waals surface area contributed by atoms with Crippen molar-refractivity contribution < 1.29 is 9.90 Å². The van der Waals surface area contributed by atoms with Crippen molar-refractivity contribution in [2.75, 3.05) is 0 Å². The summed E-state index contributed by atoms with van der Waals surface area (Å²) in [4.78, 5) is 11.8. The standard InChI is InChI=1S/C15H13ClO2/c1-2-14(17)12-8-11(9-13(16)15(12)18)10-6-4-3-5-7-10/h3-9,18H,2H2,1H3. The van der Waals surface area contributed by atoms with Gasteiger partial charge in [-0.3, -0.25) is 4.79 Å². The molecule has 0 aliphatic carbocycles. The van der Waals surface area contributed by atoms with Crippen LogP contribution >= 0.6 is 11.6 Å². The van der Waals surface area contributed by atoms with Gasteiger partial charge in [0.2, 0.25) is 0 Å². The molecule has 0 aromatic heterocycles. The molecule has 0 atom stereocenters. The zero-order chi connectivity index (χ0) is 13.1. The van der Waals surface area contributed by atoms with Crippen LogP contribution in [0, 0.1) is 0 Å². The number of hydrogen-bond donors (Lipinski definition) is 1. The number of hydrogen-bond acceptors (Lipinski definition) is 2. The minimum absolute atomic E-state index is 0.118. The van der Waals surface area contributed by atoms with Crippen molar-refractivity contribution in [1.29, 1.82) is 0 Å². The molecule has 0 saturated heterocycles. The number of rotatable bonds is 3. The third kappa shape index (κ3) is 2.39. The molecule has 0 fully saturated rings. The van der Waals surface area contributed by atoms with Crippen LogP contribution in [0.4, 0.5) is 0 Å². The topological polar surface area (TPSA) is 37.3 Å². The highest BCUT2D eigenvalue weighted by Crippen LogP contribution is 2.34.